The molecule has 0 bridgehead atoms. The highest BCUT2D eigenvalue weighted by Gasteiger charge is 2.12. The van der Waals surface area contributed by atoms with Crippen LogP contribution in [-0.4, -0.2) is 17.6 Å². The average Bonchev–Trinajstić information content (AvgIpc) is 2.90. The van der Waals surface area contributed by atoms with Gasteiger partial charge in [0.1, 0.15) is 0 Å². The van der Waals surface area contributed by atoms with E-state index in [1.165, 1.54) is 46.8 Å². The Labute approximate surface area is 162 Å². The van der Waals surface area contributed by atoms with Crippen molar-refractivity contribution < 1.29 is 9.53 Å². The fraction of sp³-hybridized carbons (Fsp3) is 0.375. The molecule has 0 atom stereocenters. The highest BCUT2D eigenvalue weighted by atomic mass is 16.5. The van der Waals surface area contributed by atoms with E-state index in [2.05, 4.69) is 50.5 Å². The van der Waals surface area contributed by atoms with Crippen molar-refractivity contribution in [2.45, 2.75) is 47.1 Å². The number of hydrogen-bond acceptors (Lipinski definition) is 2. The van der Waals surface area contributed by atoms with Gasteiger partial charge in [0.2, 0.25) is 0 Å². The Bertz CT molecular complexity index is 949. The number of aromatic nitrogens is 1. The van der Waals surface area contributed by atoms with Gasteiger partial charge in [0, 0.05) is 23.1 Å². The summed E-state index contributed by atoms with van der Waals surface area (Å²) in [6, 6.07) is 14.5. The molecule has 0 saturated carbocycles. The molecule has 27 heavy (non-hydrogen) atoms. The molecule has 2 aromatic carbocycles. The minimum atomic E-state index is -0.295. The SMILES string of the molecule is COC(=O)c1ccc(Cc2ccc3c(c2)c(C)c(C)n3CCC(C)C)cc1. The number of aryl methyl sites for hydroxylation is 2. The predicted octanol–water partition coefficient (Wildman–Crippen LogP) is 5.68. The van der Waals surface area contributed by atoms with Crippen molar-refractivity contribution in [1.82, 2.24) is 4.57 Å². The number of esters is 1. The Kier molecular flexibility index (Phi) is 5.69. The molecule has 0 aliphatic carbocycles. The normalized spacial score (nSPS) is 11.3. The number of ether oxygens (including phenoxy) is 1. The first-order valence-electron chi connectivity index (χ1n) is 9.66. The molecule has 3 aromatic rings. The molecule has 0 fully saturated rings. The summed E-state index contributed by atoms with van der Waals surface area (Å²) in [5.41, 5.74) is 7.13. The van der Waals surface area contributed by atoms with E-state index in [0.29, 0.717) is 11.5 Å². The van der Waals surface area contributed by atoms with Crippen LogP contribution in [0, 0.1) is 19.8 Å². The molecule has 0 aliphatic heterocycles. The van der Waals surface area contributed by atoms with Crippen molar-refractivity contribution >= 4 is 16.9 Å². The van der Waals surface area contributed by atoms with E-state index in [9.17, 15) is 4.79 Å². The van der Waals surface area contributed by atoms with Crippen LogP contribution in [0.3, 0.4) is 0 Å². The third-order valence-electron chi connectivity index (χ3n) is 5.42. The van der Waals surface area contributed by atoms with Crippen LogP contribution in [0.4, 0.5) is 0 Å². The van der Waals surface area contributed by atoms with Gasteiger partial charge in [-0.05, 0) is 73.6 Å². The van der Waals surface area contributed by atoms with Crippen molar-refractivity contribution in [3.63, 3.8) is 0 Å². The summed E-state index contributed by atoms with van der Waals surface area (Å²) in [6.45, 7) is 10.1. The number of methoxy groups -OCH3 is 1. The number of hydrogen-bond donors (Lipinski definition) is 0. The smallest absolute Gasteiger partial charge is 0.337 e. The van der Waals surface area contributed by atoms with Gasteiger partial charge in [-0.1, -0.05) is 32.0 Å². The third kappa shape index (κ3) is 4.08. The Morgan fingerprint density at radius 2 is 1.70 bits per heavy atom. The maximum absolute atomic E-state index is 11.6. The summed E-state index contributed by atoms with van der Waals surface area (Å²) < 4.78 is 7.22. The summed E-state index contributed by atoms with van der Waals surface area (Å²) in [4.78, 5) is 11.6. The first-order valence-corrected chi connectivity index (χ1v) is 9.66. The van der Waals surface area contributed by atoms with Crippen LogP contribution in [0.15, 0.2) is 42.5 Å². The van der Waals surface area contributed by atoms with Crippen LogP contribution in [0.1, 0.15) is 53.0 Å². The fourth-order valence-electron chi connectivity index (χ4n) is 3.59. The summed E-state index contributed by atoms with van der Waals surface area (Å²) in [7, 11) is 1.41. The van der Waals surface area contributed by atoms with E-state index in [-0.39, 0.29) is 5.97 Å². The molecule has 1 aromatic heterocycles. The Hall–Kier alpha value is -2.55. The lowest BCUT2D eigenvalue weighted by Gasteiger charge is -2.11. The molecule has 0 aliphatic rings. The highest BCUT2D eigenvalue weighted by molar-refractivity contribution is 5.89. The Morgan fingerprint density at radius 1 is 1.04 bits per heavy atom. The van der Waals surface area contributed by atoms with Crippen LogP contribution >= 0.6 is 0 Å². The molecular weight excluding hydrogens is 334 g/mol. The Morgan fingerprint density at radius 3 is 2.33 bits per heavy atom. The van der Waals surface area contributed by atoms with Crippen molar-refractivity contribution in [2.75, 3.05) is 7.11 Å². The molecule has 0 N–H and O–H groups in total. The molecule has 1 heterocycles. The van der Waals surface area contributed by atoms with Crippen molar-refractivity contribution in [2.24, 2.45) is 5.92 Å². The van der Waals surface area contributed by atoms with Crippen LogP contribution in [0.25, 0.3) is 10.9 Å². The third-order valence-corrected chi connectivity index (χ3v) is 5.42. The van der Waals surface area contributed by atoms with Gasteiger partial charge in [0.05, 0.1) is 12.7 Å². The lowest BCUT2D eigenvalue weighted by atomic mass is 10.0. The van der Waals surface area contributed by atoms with Gasteiger partial charge in [-0.15, -0.1) is 0 Å². The summed E-state index contributed by atoms with van der Waals surface area (Å²) in [6.07, 6.45) is 2.05. The number of carbonyl (C=O) groups is 1. The average molecular weight is 364 g/mol. The summed E-state index contributed by atoms with van der Waals surface area (Å²) in [5, 5.41) is 1.35. The summed E-state index contributed by atoms with van der Waals surface area (Å²) in [5.74, 6) is 0.409. The van der Waals surface area contributed by atoms with Crippen molar-refractivity contribution in [1.29, 1.82) is 0 Å². The number of rotatable bonds is 6. The topological polar surface area (TPSA) is 31.2 Å². The van der Waals surface area contributed by atoms with Gasteiger partial charge in [0.15, 0.2) is 0 Å². The van der Waals surface area contributed by atoms with Crippen molar-refractivity contribution in [3.8, 4) is 0 Å². The van der Waals surface area contributed by atoms with Gasteiger partial charge in [-0.3, -0.25) is 0 Å². The van der Waals surface area contributed by atoms with Crippen LogP contribution in [-0.2, 0) is 17.7 Å². The molecule has 0 spiro atoms. The second-order valence-electron chi connectivity index (χ2n) is 7.76. The second kappa shape index (κ2) is 7.99. The van der Waals surface area contributed by atoms with E-state index in [4.69, 9.17) is 4.74 Å². The van der Waals surface area contributed by atoms with Gasteiger partial charge in [-0.25, -0.2) is 4.79 Å². The molecular formula is C24H29NO2. The Balaban J connectivity index is 1.86. The second-order valence-corrected chi connectivity index (χ2v) is 7.76. The zero-order chi connectivity index (χ0) is 19.6. The monoisotopic (exact) mass is 363 g/mol. The van der Waals surface area contributed by atoms with Crippen LogP contribution < -0.4 is 0 Å². The van der Waals surface area contributed by atoms with Gasteiger partial charge < -0.3 is 9.30 Å². The first kappa shape index (κ1) is 19.2. The van der Waals surface area contributed by atoms with Gasteiger partial charge >= 0.3 is 5.97 Å². The molecule has 3 heteroatoms. The lowest BCUT2D eigenvalue weighted by molar-refractivity contribution is 0.0600. The van der Waals surface area contributed by atoms with Gasteiger partial charge in [-0.2, -0.15) is 0 Å². The van der Waals surface area contributed by atoms with Crippen LogP contribution in [0.5, 0.6) is 0 Å². The molecule has 0 saturated heterocycles. The predicted molar refractivity (Wildman–Crippen MR) is 111 cm³/mol. The zero-order valence-corrected chi connectivity index (χ0v) is 17.0. The van der Waals surface area contributed by atoms with Crippen molar-refractivity contribution in [3.05, 3.63) is 70.4 Å². The number of fused-ring (bicyclic) bond motifs is 1. The molecule has 3 rings (SSSR count). The standard InChI is InChI=1S/C24H29NO2/c1-16(2)12-13-25-18(4)17(3)22-15-20(8-11-23(22)25)14-19-6-9-21(10-7-19)24(26)27-5/h6-11,15-16H,12-14H2,1-5H3. The molecule has 0 amide bonds. The lowest BCUT2D eigenvalue weighted by Crippen LogP contribution is -2.03. The van der Waals surface area contributed by atoms with E-state index in [1.54, 1.807) is 0 Å². The van der Waals surface area contributed by atoms with E-state index in [0.717, 1.165) is 13.0 Å². The maximum Gasteiger partial charge on any atom is 0.337 e. The van der Waals surface area contributed by atoms with E-state index < -0.39 is 0 Å². The molecule has 0 radical (unpaired) electrons. The largest absolute Gasteiger partial charge is 0.465 e. The summed E-state index contributed by atoms with van der Waals surface area (Å²) >= 11 is 0. The zero-order valence-electron chi connectivity index (χ0n) is 17.0. The highest BCUT2D eigenvalue weighted by Crippen LogP contribution is 2.28. The first-order chi connectivity index (χ1) is 12.9. The number of carbonyl (C=O) groups excluding carboxylic acids is 1. The van der Waals surface area contributed by atoms with E-state index >= 15 is 0 Å². The molecule has 0 unspecified atom stereocenters. The molecule has 142 valence electrons. The van der Waals surface area contributed by atoms with Crippen LogP contribution in [0.2, 0.25) is 0 Å². The number of nitrogens with zero attached hydrogens (tertiary/aromatic N) is 1. The number of benzene rings is 2. The minimum absolute atomic E-state index is 0.295. The van der Waals surface area contributed by atoms with E-state index in [1.807, 2.05) is 24.3 Å². The fourth-order valence-corrected chi connectivity index (χ4v) is 3.59. The minimum Gasteiger partial charge on any atom is -0.465 e. The molecule has 3 nitrogen and oxygen atoms in total. The quantitative estimate of drug-likeness (QED) is 0.527. The van der Waals surface area contributed by atoms with Gasteiger partial charge in [0.25, 0.3) is 0 Å². The maximum atomic E-state index is 11.6.